The minimum Gasteiger partial charge on any atom is -0.481 e. The fraction of sp³-hybridized carbons (Fsp3) is 0.837. The van der Waals surface area contributed by atoms with E-state index in [1.807, 2.05) is 0 Å². The van der Waals surface area contributed by atoms with Gasteiger partial charge in [-0.05, 0) is 153 Å². The Bertz CT molecular complexity index is 1400. The molecule has 266 valence electrons. The highest BCUT2D eigenvalue weighted by Crippen LogP contribution is 2.76. The highest BCUT2D eigenvalue weighted by atomic mass is 16.5. The van der Waals surface area contributed by atoms with Gasteiger partial charge in [-0.3, -0.25) is 9.69 Å². The summed E-state index contributed by atoms with van der Waals surface area (Å²) in [5.41, 5.74) is 5.85. The number of hydrogen-bond donors (Lipinski definition) is 2. The van der Waals surface area contributed by atoms with Gasteiger partial charge >= 0.3 is 5.97 Å². The highest BCUT2D eigenvalue weighted by Gasteiger charge is 2.70. The van der Waals surface area contributed by atoms with Gasteiger partial charge in [-0.15, -0.1) is 0 Å². The van der Waals surface area contributed by atoms with Crippen molar-refractivity contribution >= 4 is 5.97 Å². The van der Waals surface area contributed by atoms with Crippen LogP contribution in [0, 0.1) is 57.2 Å². The molecule has 8 rings (SSSR count). The van der Waals surface area contributed by atoms with Crippen LogP contribution in [-0.4, -0.2) is 59.9 Å². The Labute approximate surface area is 291 Å². The van der Waals surface area contributed by atoms with E-state index in [1.54, 1.807) is 5.57 Å². The van der Waals surface area contributed by atoms with E-state index in [1.165, 1.54) is 81.9 Å². The molecule has 2 aliphatic heterocycles. The zero-order valence-electron chi connectivity index (χ0n) is 31.2. The molecule has 2 bridgehead atoms. The van der Waals surface area contributed by atoms with E-state index in [4.69, 9.17) is 4.74 Å². The maximum absolute atomic E-state index is 11.7. The van der Waals surface area contributed by atoms with Crippen molar-refractivity contribution in [2.45, 2.75) is 143 Å². The van der Waals surface area contributed by atoms with Crippen molar-refractivity contribution in [3.8, 4) is 0 Å². The van der Waals surface area contributed by atoms with Crippen LogP contribution in [0.4, 0.5) is 0 Å². The number of nitrogens with one attached hydrogen (secondary N) is 1. The fourth-order valence-electron chi connectivity index (χ4n) is 15.1. The number of carboxylic acid groups (broad SMARTS) is 1. The summed E-state index contributed by atoms with van der Waals surface area (Å²) in [6, 6.07) is 0.651. The molecule has 6 fully saturated rings. The quantitative estimate of drug-likeness (QED) is 0.268. The third kappa shape index (κ3) is 4.74. The molecule has 4 saturated carbocycles. The van der Waals surface area contributed by atoms with Crippen LogP contribution in [0.15, 0.2) is 35.5 Å². The molecule has 0 spiro atoms. The van der Waals surface area contributed by atoms with E-state index < -0.39 is 5.97 Å². The number of carbonyl (C=O) groups is 1. The van der Waals surface area contributed by atoms with Crippen LogP contribution in [-0.2, 0) is 9.53 Å². The lowest BCUT2D eigenvalue weighted by atomic mass is 9.33. The summed E-state index contributed by atoms with van der Waals surface area (Å²) in [4.78, 5) is 14.4. The highest BCUT2D eigenvalue weighted by molar-refractivity contribution is 5.70. The SMILES string of the molecule is C=C(C)C1CCC2(NCCN3CC4CC3CO4)CCC3(C)C(CCC4C5(C)CC=C(C6=CCC(C(=O)O)CC6)C(C)(C)C5CCC43C)C12. The van der Waals surface area contributed by atoms with Crippen molar-refractivity contribution in [3.63, 3.8) is 0 Å². The molecule has 2 heterocycles. The predicted molar refractivity (Wildman–Crippen MR) is 194 cm³/mol. The number of aliphatic carboxylic acids is 1. The van der Waals surface area contributed by atoms with Gasteiger partial charge < -0.3 is 15.2 Å². The minimum absolute atomic E-state index is 0.122. The molecule has 2 saturated heterocycles. The first-order valence-corrected chi connectivity index (χ1v) is 20.1. The maximum Gasteiger partial charge on any atom is 0.306 e. The van der Waals surface area contributed by atoms with Gasteiger partial charge in [-0.2, -0.15) is 0 Å². The van der Waals surface area contributed by atoms with Crippen molar-refractivity contribution in [2.75, 3.05) is 26.2 Å². The second-order valence-corrected chi connectivity index (χ2v) is 19.7. The largest absolute Gasteiger partial charge is 0.481 e. The smallest absolute Gasteiger partial charge is 0.306 e. The van der Waals surface area contributed by atoms with Gasteiger partial charge in [0.1, 0.15) is 0 Å². The van der Waals surface area contributed by atoms with E-state index in [2.05, 4.69) is 70.5 Å². The maximum atomic E-state index is 11.7. The molecule has 48 heavy (non-hydrogen) atoms. The standard InChI is InChI=1S/C43H66N2O3/c1-27(2)32-14-19-43(44-22-23-45-25-31-24-30(45)26-48-31)21-20-41(6)34(37(32)43)12-13-36-40(5)17-15-33(28-8-10-29(11-9-28)38(46)47)39(3,4)35(40)16-18-42(36,41)7/h8,15,29-32,34-37,44H,1,9-14,16-26H2,2-7H3,(H,46,47). The molecular formula is C43H66N2O3. The minimum atomic E-state index is -0.627. The monoisotopic (exact) mass is 659 g/mol. The average Bonchev–Trinajstić information content (AvgIpc) is 3.76. The summed E-state index contributed by atoms with van der Waals surface area (Å²) in [5.74, 6) is 2.70. The molecule has 0 amide bonds. The molecule has 0 aromatic carbocycles. The van der Waals surface area contributed by atoms with Gasteiger partial charge in [0.25, 0.3) is 0 Å². The van der Waals surface area contributed by atoms with Gasteiger partial charge in [0.05, 0.1) is 18.6 Å². The first-order chi connectivity index (χ1) is 22.7. The molecular weight excluding hydrogens is 592 g/mol. The molecule has 6 aliphatic carbocycles. The Morgan fingerprint density at radius 3 is 2.48 bits per heavy atom. The summed E-state index contributed by atoms with van der Waals surface area (Å²) in [5, 5.41) is 14.0. The number of hydrogen-bond acceptors (Lipinski definition) is 4. The topological polar surface area (TPSA) is 61.8 Å². The Balaban J connectivity index is 1.05. The summed E-state index contributed by atoms with van der Waals surface area (Å²) in [7, 11) is 0. The lowest BCUT2D eigenvalue weighted by Crippen LogP contribution is -2.68. The molecule has 2 N–H and O–H groups in total. The third-order valence-corrected chi connectivity index (χ3v) is 17.6. The Kier molecular flexibility index (Phi) is 8.10. The number of nitrogens with zero attached hydrogens (tertiary/aromatic N) is 1. The second-order valence-electron chi connectivity index (χ2n) is 19.7. The predicted octanol–water partition coefficient (Wildman–Crippen LogP) is 8.81. The van der Waals surface area contributed by atoms with Crippen molar-refractivity contribution in [1.29, 1.82) is 0 Å². The van der Waals surface area contributed by atoms with Crippen LogP contribution < -0.4 is 5.32 Å². The Morgan fingerprint density at radius 1 is 1.00 bits per heavy atom. The summed E-state index contributed by atoms with van der Waals surface area (Å²) < 4.78 is 5.91. The van der Waals surface area contributed by atoms with Crippen LogP contribution in [0.25, 0.3) is 0 Å². The lowest BCUT2D eigenvalue weighted by Gasteiger charge is -2.72. The molecule has 0 radical (unpaired) electrons. The van der Waals surface area contributed by atoms with Gasteiger partial charge in [0.2, 0.25) is 0 Å². The fourth-order valence-corrected chi connectivity index (χ4v) is 15.1. The molecule has 5 heteroatoms. The zero-order chi connectivity index (χ0) is 33.9. The van der Waals surface area contributed by atoms with Gasteiger partial charge in [-0.1, -0.05) is 58.9 Å². The van der Waals surface area contributed by atoms with E-state index >= 15 is 0 Å². The summed E-state index contributed by atoms with van der Waals surface area (Å²) in [6.07, 6.45) is 21.0. The van der Waals surface area contributed by atoms with Crippen LogP contribution in [0.3, 0.4) is 0 Å². The molecule has 5 nitrogen and oxygen atoms in total. The van der Waals surface area contributed by atoms with Gasteiger partial charge in [0.15, 0.2) is 0 Å². The van der Waals surface area contributed by atoms with E-state index in [0.29, 0.717) is 52.6 Å². The molecule has 0 aromatic rings. The Hall–Kier alpha value is -1.43. The van der Waals surface area contributed by atoms with Crippen molar-refractivity contribution in [3.05, 3.63) is 35.5 Å². The number of rotatable bonds is 7. The number of fused-ring (bicyclic) bond motifs is 9. The first-order valence-electron chi connectivity index (χ1n) is 20.1. The number of allylic oxidation sites excluding steroid dienone is 5. The number of carboxylic acids is 1. The van der Waals surface area contributed by atoms with Gasteiger partial charge in [0, 0.05) is 31.2 Å². The van der Waals surface area contributed by atoms with Crippen molar-refractivity contribution in [1.82, 2.24) is 10.2 Å². The van der Waals surface area contributed by atoms with Gasteiger partial charge in [-0.25, -0.2) is 0 Å². The average molecular weight is 659 g/mol. The van der Waals surface area contributed by atoms with E-state index in [-0.39, 0.29) is 16.9 Å². The van der Waals surface area contributed by atoms with Crippen LogP contribution in [0.5, 0.6) is 0 Å². The number of morpholine rings is 1. The number of ether oxygens (including phenoxy) is 1. The van der Waals surface area contributed by atoms with Crippen molar-refractivity contribution < 1.29 is 14.6 Å². The lowest BCUT2D eigenvalue weighted by molar-refractivity contribution is -0.221. The third-order valence-electron chi connectivity index (χ3n) is 17.6. The van der Waals surface area contributed by atoms with Crippen molar-refractivity contribution in [2.24, 2.45) is 57.2 Å². The number of likely N-dealkylation sites (tertiary alicyclic amines) is 1. The van der Waals surface area contributed by atoms with E-state index in [9.17, 15) is 9.90 Å². The van der Waals surface area contributed by atoms with Crippen LogP contribution >= 0.6 is 0 Å². The van der Waals surface area contributed by atoms with E-state index in [0.717, 1.165) is 44.4 Å². The zero-order valence-corrected chi connectivity index (χ0v) is 31.2. The molecule has 12 atom stereocenters. The Morgan fingerprint density at radius 2 is 1.81 bits per heavy atom. The normalized spacial score (nSPS) is 49.3. The molecule has 8 aliphatic rings. The molecule has 0 aromatic heterocycles. The second kappa shape index (κ2) is 11.5. The first kappa shape index (κ1) is 33.7. The molecule has 12 unspecified atom stereocenters. The summed E-state index contributed by atoms with van der Waals surface area (Å²) in [6.45, 7) is 24.6. The van der Waals surface area contributed by atoms with Crippen LogP contribution in [0.2, 0.25) is 0 Å². The summed E-state index contributed by atoms with van der Waals surface area (Å²) >= 11 is 0. The van der Waals surface area contributed by atoms with Crippen LogP contribution in [0.1, 0.15) is 125 Å².